The van der Waals surface area contributed by atoms with Crippen molar-refractivity contribution in [2.75, 3.05) is 5.32 Å². The van der Waals surface area contributed by atoms with Crippen LogP contribution in [0.2, 0.25) is 5.15 Å². The Kier molecular flexibility index (Phi) is 2.67. The summed E-state index contributed by atoms with van der Waals surface area (Å²) in [5.74, 6) is 0.784. The van der Waals surface area contributed by atoms with Gasteiger partial charge in [-0.25, -0.2) is 5.10 Å². The van der Waals surface area contributed by atoms with Crippen LogP contribution >= 0.6 is 11.6 Å². The lowest BCUT2D eigenvalue weighted by atomic mass is 10.3. The molecule has 2 heterocycles. The predicted molar refractivity (Wildman–Crippen MR) is 60.2 cm³/mol. The molecule has 16 heavy (non-hydrogen) atoms. The summed E-state index contributed by atoms with van der Waals surface area (Å²) in [6, 6.07) is 4.04. The molecule has 82 valence electrons. The average molecular weight is 237 g/mol. The maximum absolute atomic E-state index is 8.90. The summed E-state index contributed by atoms with van der Waals surface area (Å²) in [6.45, 7) is 4.05. The monoisotopic (exact) mass is 236 g/mol. The van der Waals surface area contributed by atoms with E-state index < -0.39 is 0 Å². The van der Waals surface area contributed by atoms with E-state index in [1.165, 1.54) is 0 Å². The van der Waals surface area contributed by atoms with Crippen LogP contribution in [-0.2, 0) is 0 Å². The Labute approximate surface area is 97.7 Å². The second-order valence-corrected chi connectivity index (χ2v) is 4.11. The minimum Gasteiger partial charge on any atom is -0.302 e. The molecule has 0 radical (unpaired) electrons. The molecule has 0 unspecified atom stereocenters. The Morgan fingerprint density at radius 2 is 2.38 bits per heavy atom. The molecule has 0 atom stereocenters. The number of rotatable bonds is 2. The summed E-state index contributed by atoms with van der Waals surface area (Å²) in [7, 11) is 0. The van der Waals surface area contributed by atoms with Gasteiger partial charge in [0.2, 0.25) is 11.0 Å². The number of H-pyrrole nitrogens is 1. The van der Waals surface area contributed by atoms with Crippen molar-refractivity contribution in [3.05, 3.63) is 23.0 Å². The van der Waals surface area contributed by atoms with Crippen LogP contribution < -0.4 is 9.83 Å². The van der Waals surface area contributed by atoms with Crippen LogP contribution in [0.5, 0.6) is 0 Å². The van der Waals surface area contributed by atoms with E-state index in [9.17, 15) is 0 Å². The average Bonchev–Trinajstić information content (AvgIpc) is 2.59. The minimum atomic E-state index is 0.267. The van der Waals surface area contributed by atoms with Gasteiger partial charge in [-0.2, -0.15) is 5.26 Å². The molecule has 0 saturated heterocycles. The first-order valence-corrected chi connectivity index (χ1v) is 5.26. The molecule has 0 bridgehead atoms. The topological polar surface area (TPSA) is 68.6 Å². The third-order valence-electron chi connectivity index (χ3n) is 2.06. The van der Waals surface area contributed by atoms with Gasteiger partial charge in [-0.3, -0.25) is 0 Å². The molecule has 0 saturated carbocycles. The second-order valence-electron chi connectivity index (χ2n) is 3.72. The summed E-state index contributed by atoms with van der Waals surface area (Å²) < 4.78 is 1.70. The molecule has 0 fully saturated rings. The van der Waals surface area contributed by atoms with Crippen LogP contribution in [0, 0.1) is 11.3 Å². The van der Waals surface area contributed by atoms with Gasteiger partial charge in [0.25, 0.3) is 0 Å². The zero-order valence-electron chi connectivity index (χ0n) is 8.95. The highest BCUT2D eigenvalue weighted by molar-refractivity contribution is 6.29. The van der Waals surface area contributed by atoms with Crippen LogP contribution in [0.15, 0.2) is 12.3 Å². The van der Waals surface area contributed by atoms with Gasteiger partial charge in [0.1, 0.15) is 11.6 Å². The maximum atomic E-state index is 8.90. The van der Waals surface area contributed by atoms with Crippen LogP contribution in [0.4, 0.5) is 5.82 Å². The molecule has 2 N–H and O–H groups in total. The van der Waals surface area contributed by atoms with Crippen molar-refractivity contribution < 1.29 is 4.52 Å². The highest BCUT2D eigenvalue weighted by atomic mass is 35.5. The van der Waals surface area contributed by atoms with Gasteiger partial charge in [-0.1, -0.05) is 4.98 Å². The number of hydrogen-bond acceptors (Lipinski definition) is 3. The Morgan fingerprint density at radius 3 is 3.00 bits per heavy atom. The fourth-order valence-electron chi connectivity index (χ4n) is 1.46. The Morgan fingerprint density at radius 1 is 1.62 bits per heavy atom. The SMILES string of the molecule is CC(C)Nc1cc(Cl)nc2c(C#N)c[nH][n+]12. The third kappa shape index (κ3) is 1.79. The summed E-state index contributed by atoms with van der Waals surface area (Å²) >= 11 is 5.91. The lowest BCUT2D eigenvalue weighted by Gasteiger charge is -2.04. The number of hydrogen-bond donors (Lipinski definition) is 2. The van der Waals surface area contributed by atoms with E-state index in [0.717, 1.165) is 5.82 Å². The fourth-order valence-corrected chi connectivity index (χ4v) is 1.65. The fraction of sp³-hybridized carbons (Fsp3) is 0.300. The zero-order valence-corrected chi connectivity index (χ0v) is 9.71. The molecule has 0 aromatic carbocycles. The van der Waals surface area contributed by atoms with Crippen molar-refractivity contribution in [1.82, 2.24) is 10.1 Å². The van der Waals surface area contributed by atoms with Crippen LogP contribution in [0.25, 0.3) is 5.65 Å². The largest absolute Gasteiger partial charge is 0.306 e. The number of anilines is 1. The molecule has 2 aromatic rings. The number of aromatic amines is 1. The van der Waals surface area contributed by atoms with E-state index in [-0.39, 0.29) is 6.04 Å². The van der Waals surface area contributed by atoms with E-state index in [0.29, 0.717) is 16.4 Å². The van der Waals surface area contributed by atoms with Gasteiger partial charge in [-0.15, -0.1) is 4.52 Å². The quantitative estimate of drug-likeness (QED) is 0.613. The highest BCUT2D eigenvalue weighted by Crippen LogP contribution is 2.13. The molecule has 5 nitrogen and oxygen atoms in total. The van der Waals surface area contributed by atoms with E-state index >= 15 is 0 Å². The lowest BCUT2D eigenvalue weighted by Crippen LogP contribution is -2.31. The van der Waals surface area contributed by atoms with Gasteiger partial charge < -0.3 is 5.32 Å². The molecule has 0 amide bonds. The summed E-state index contributed by atoms with van der Waals surface area (Å²) in [4.78, 5) is 4.11. The first-order valence-electron chi connectivity index (χ1n) is 4.88. The molecular weight excluding hydrogens is 226 g/mol. The van der Waals surface area contributed by atoms with Crippen LogP contribution in [0.1, 0.15) is 19.4 Å². The lowest BCUT2D eigenvalue weighted by molar-refractivity contribution is -0.564. The van der Waals surface area contributed by atoms with Gasteiger partial charge in [0.05, 0.1) is 18.3 Å². The van der Waals surface area contributed by atoms with Crippen molar-refractivity contribution in [2.24, 2.45) is 0 Å². The van der Waals surface area contributed by atoms with E-state index in [1.54, 1.807) is 16.8 Å². The zero-order chi connectivity index (χ0) is 11.7. The van der Waals surface area contributed by atoms with E-state index in [1.807, 2.05) is 13.8 Å². The van der Waals surface area contributed by atoms with Gasteiger partial charge in [0.15, 0.2) is 0 Å². The van der Waals surface area contributed by atoms with Crippen molar-refractivity contribution >= 4 is 23.1 Å². The summed E-state index contributed by atoms with van der Waals surface area (Å²) in [5, 5.41) is 15.4. The number of nitriles is 1. The second kappa shape index (κ2) is 3.99. The number of fused-ring (bicyclic) bond motifs is 1. The van der Waals surface area contributed by atoms with Gasteiger partial charge >= 0.3 is 5.65 Å². The number of nitrogens with one attached hydrogen (secondary N) is 2. The van der Waals surface area contributed by atoms with Crippen LogP contribution in [0.3, 0.4) is 0 Å². The predicted octanol–water partition coefficient (Wildman–Crippen LogP) is 1.49. The molecule has 0 spiro atoms. The molecular formula is C10H11ClN5+. The number of nitrogens with zero attached hydrogens (tertiary/aromatic N) is 3. The van der Waals surface area contributed by atoms with E-state index in [2.05, 4.69) is 21.5 Å². The smallest absolute Gasteiger partial charge is 0.302 e. The normalized spacial score (nSPS) is 10.7. The van der Waals surface area contributed by atoms with Crippen molar-refractivity contribution in [1.29, 1.82) is 5.26 Å². The molecule has 2 aromatic heterocycles. The number of halogens is 1. The Hall–Kier alpha value is -1.80. The number of aromatic nitrogens is 3. The minimum absolute atomic E-state index is 0.267. The van der Waals surface area contributed by atoms with Crippen molar-refractivity contribution in [2.45, 2.75) is 19.9 Å². The standard InChI is InChI=1S/C10H10ClN5/c1-6(2)14-9-3-8(11)15-10-7(4-12)5-13-16(9)10/h3,5-6H,1-2H3,(H,13,14,15)/p+1. The highest BCUT2D eigenvalue weighted by Gasteiger charge is 2.17. The van der Waals surface area contributed by atoms with Gasteiger partial charge in [0, 0.05) is 0 Å². The Balaban J connectivity index is 2.65. The molecule has 0 aliphatic heterocycles. The molecule has 6 heteroatoms. The third-order valence-corrected chi connectivity index (χ3v) is 2.25. The summed E-state index contributed by atoms with van der Waals surface area (Å²) in [5.41, 5.74) is 0.993. The van der Waals surface area contributed by atoms with Crippen molar-refractivity contribution in [3.63, 3.8) is 0 Å². The maximum Gasteiger partial charge on any atom is 0.306 e. The first kappa shape index (κ1) is 10.7. The first-order chi connectivity index (χ1) is 7.61. The molecule has 2 rings (SSSR count). The van der Waals surface area contributed by atoms with Crippen LogP contribution in [-0.4, -0.2) is 16.1 Å². The van der Waals surface area contributed by atoms with E-state index in [4.69, 9.17) is 16.9 Å². The summed E-state index contributed by atoms with van der Waals surface area (Å²) in [6.07, 6.45) is 1.60. The van der Waals surface area contributed by atoms with Gasteiger partial charge in [-0.05, 0) is 25.4 Å². The van der Waals surface area contributed by atoms with Crippen molar-refractivity contribution in [3.8, 4) is 6.07 Å². The molecule has 0 aliphatic rings. The Bertz CT molecular complexity index is 566. The molecule has 0 aliphatic carbocycles.